The number of amides is 2. The Morgan fingerprint density at radius 2 is 1.64 bits per heavy atom. The Hall–Kier alpha value is -5.52. The van der Waals surface area contributed by atoms with Crippen molar-refractivity contribution >= 4 is 28.6 Å². The van der Waals surface area contributed by atoms with Gasteiger partial charge in [-0.05, 0) is 79.1 Å². The third kappa shape index (κ3) is 5.60. The summed E-state index contributed by atoms with van der Waals surface area (Å²) in [6, 6.07) is 15.6. The minimum atomic E-state index is -0.957. The summed E-state index contributed by atoms with van der Waals surface area (Å²) in [6.07, 6.45) is 3.10. The molecule has 0 spiro atoms. The van der Waals surface area contributed by atoms with Crippen molar-refractivity contribution in [2.75, 3.05) is 18.8 Å². The molecule has 0 atom stereocenters. The molecule has 0 radical (unpaired) electrons. The molecule has 0 bridgehead atoms. The van der Waals surface area contributed by atoms with Gasteiger partial charge in [-0.25, -0.2) is 14.3 Å². The molecule has 0 aliphatic carbocycles. The highest BCUT2D eigenvalue weighted by atomic mass is 16.5. The molecule has 12 nitrogen and oxygen atoms in total. The number of anilines is 1. The van der Waals surface area contributed by atoms with Gasteiger partial charge in [0.25, 0.3) is 11.5 Å². The molecule has 0 unspecified atom stereocenters. The van der Waals surface area contributed by atoms with Gasteiger partial charge in [-0.1, -0.05) is 49.3 Å². The third-order valence-electron chi connectivity index (χ3n) is 8.80. The van der Waals surface area contributed by atoms with Crippen LogP contribution in [0.5, 0.6) is 0 Å². The lowest BCUT2D eigenvalue weighted by molar-refractivity contribution is -0.135. The van der Waals surface area contributed by atoms with Crippen LogP contribution >= 0.6 is 0 Å². The largest absolute Gasteiger partial charge is 0.380 e. The normalized spacial score (nSPS) is 14.0. The first-order valence-corrected chi connectivity index (χ1v) is 15.7. The molecule has 2 aromatic carbocycles. The Kier molecular flexibility index (Phi) is 8.27. The number of benzene rings is 2. The van der Waals surface area contributed by atoms with Gasteiger partial charge < -0.3 is 20.9 Å². The lowest BCUT2D eigenvalue weighted by Crippen LogP contribution is -2.44. The van der Waals surface area contributed by atoms with Crippen LogP contribution in [0.4, 0.5) is 5.82 Å². The average molecular weight is 636 g/mol. The zero-order valence-corrected chi connectivity index (χ0v) is 26.8. The molecule has 4 heterocycles. The second kappa shape index (κ2) is 12.3. The van der Waals surface area contributed by atoms with E-state index in [-0.39, 0.29) is 40.6 Å². The summed E-state index contributed by atoms with van der Waals surface area (Å²) < 4.78 is 7.87. The van der Waals surface area contributed by atoms with Crippen molar-refractivity contribution in [2.45, 2.75) is 52.5 Å². The predicted octanol–water partition coefficient (Wildman–Crippen LogP) is 4.49. The molecule has 1 saturated heterocycles. The molecule has 1 fully saturated rings. The van der Waals surface area contributed by atoms with Crippen molar-refractivity contribution in [3.8, 4) is 28.2 Å². The van der Waals surface area contributed by atoms with Crippen LogP contribution in [0.25, 0.3) is 39.2 Å². The van der Waals surface area contributed by atoms with Gasteiger partial charge in [-0.2, -0.15) is 0 Å². The number of pyridine rings is 1. The van der Waals surface area contributed by atoms with E-state index in [1.54, 1.807) is 38.1 Å². The summed E-state index contributed by atoms with van der Waals surface area (Å²) >= 11 is 0. The number of hydrogen-bond acceptors (Lipinski definition) is 8. The van der Waals surface area contributed by atoms with Gasteiger partial charge in [-0.15, -0.1) is 0 Å². The molecule has 1 aliphatic heterocycles. The van der Waals surface area contributed by atoms with Crippen LogP contribution in [0.3, 0.4) is 0 Å². The highest BCUT2D eigenvalue weighted by Crippen LogP contribution is 2.39. The first-order valence-electron chi connectivity index (χ1n) is 15.7. The molecule has 2 amide bonds. The summed E-state index contributed by atoms with van der Waals surface area (Å²) in [5, 5.41) is 4.69. The monoisotopic (exact) mass is 635 g/mol. The summed E-state index contributed by atoms with van der Waals surface area (Å²) in [6.45, 7) is 8.78. The maximum atomic E-state index is 13.8. The number of piperidine rings is 1. The quantitative estimate of drug-likeness (QED) is 0.263. The van der Waals surface area contributed by atoms with Gasteiger partial charge >= 0.3 is 5.69 Å². The van der Waals surface area contributed by atoms with Crippen LogP contribution in [0, 0.1) is 5.92 Å². The van der Waals surface area contributed by atoms with Crippen molar-refractivity contribution in [1.82, 2.24) is 24.2 Å². The summed E-state index contributed by atoms with van der Waals surface area (Å²) in [5.41, 5.74) is 14.1. The average Bonchev–Trinajstić information content (AvgIpc) is 3.44. The first-order chi connectivity index (χ1) is 22.5. The van der Waals surface area contributed by atoms with Gasteiger partial charge in [0.15, 0.2) is 11.4 Å². The number of likely N-dealkylation sites (tertiary alicyclic amines) is 1. The topological polar surface area (TPSA) is 172 Å². The van der Waals surface area contributed by atoms with E-state index in [1.165, 1.54) is 16.8 Å². The van der Waals surface area contributed by atoms with E-state index in [0.29, 0.717) is 29.6 Å². The second-order valence-electron chi connectivity index (χ2n) is 12.5. The van der Waals surface area contributed by atoms with Crippen molar-refractivity contribution in [2.24, 2.45) is 11.7 Å². The highest BCUT2D eigenvalue weighted by Gasteiger charge is 2.28. The van der Waals surface area contributed by atoms with Gasteiger partial charge in [0.1, 0.15) is 11.4 Å². The molecule has 3 aromatic heterocycles. The van der Waals surface area contributed by atoms with E-state index in [4.69, 9.17) is 16.0 Å². The molecule has 6 rings (SSSR count). The standard InChI is InChI=1S/C35H37N7O5/c1-19(2)33(44)40-15-12-21(13-16-40)24-17-25(28-26(18-24)47-39-31(28)36)22-8-10-23(11-9-22)30-29(32(37)43)34(45)42(27-7-5-6-14-38-27)35(46)41(30)20(3)4/h5-11,14,17-21H,12-13,15-16H2,1-4H3,(H2,36,39)(H2,37,43). The van der Waals surface area contributed by atoms with Crippen molar-refractivity contribution in [3.05, 3.63) is 92.8 Å². The Morgan fingerprint density at radius 1 is 0.957 bits per heavy atom. The molecule has 4 N–H and O–H groups in total. The zero-order chi connectivity index (χ0) is 33.6. The Labute approximate surface area is 270 Å². The van der Waals surface area contributed by atoms with Crippen LogP contribution in [0.15, 0.2) is 74.9 Å². The summed E-state index contributed by atoms with van der Waals surface area (Å²) in [5.74, 6) is -0.273. The van der Waals surface area contributed by atoms with Crippen LogP contribution in [0.2, 0.25) is 0 Å². The minimum absolute atomic E-state index is 0.0401. The van der Waals surface area contributed by atoms with E-state index >= 15 is 0 Å². The molecule has 242 valence electrons. The summed E-state index contributed by atoms with van der Waals surface area (Å²) in [4.78, 5) is 58.9. The Morgan fingerprint density at radius 3 is 2.23 bits per heavy atom. The number of nitrogens with zero attached hydrogens (tertiary/aromatic N) is 5. The van der Waals surface area contributed by atoms with Gasteiger partial charge in [0.05, 0.1) is 11.1 Å². The number of rotatable bonds is 7. The SMILES string of the molecule is CC(C)C(=O)N1CCC(c2cc(-c3ccc(-c4c(C(N)=O)c(=O)n(-c5ccccn5)c(=O)n4C(C)C)cc3)c3c(N)noc3c2)CC1. The molecule has 1 aliphatic rings. The van der Waals surface area contributed by atoms with Gasteiger partial charge in [0, 0.05) is 31.2 Å². The second-order valence-corrected chi connectivity index (χ2v) is 12.5. The fourth-order valence-corrected chi connectivity index (χ4v) is 6.48. The molecule has 0 saturated carbocycles. The van der Waals surface area contributed by atoms with E-state index in [2.05, 4.69) is 16.2 Å². The maximum Gasteiger partial charge on any atom is 0.337 e. The van der Waals surface area contributed by atoms with Crippen LogP contribution in [-0.4, -0.2) is 49.1 Å². The predicted molar refractivity (Wildman–Crippen MR) is 179 cm³/mol. The zero-order valence-electron chi connectivity index (χ0n) is 26.8. The number of hydrogen-bond donors (Lipinski definition) is 2. The van der Waals surface area contributed by atoms with Gasteiger partial charge in [0.2, 0.25) is 5.91 Å². The number of carbonyl (C=O) groups excluding carboxylic acids is 2. The fourth-order valence-electron chi connectivity index (χ4n) is 6.48. The van der Waals surface area contributed by atoms with E-state index in [1.807, 2.05) is 36.9 Å². The smallest absolute Gasteiger partial charge is 0.337 e. The molecular weight excluding hydrogens is 598 g/mol. The van der Waals surface area contributed by atoms with Crippen LogP contribution in [0.1, 0.15) is 68.4 Å². The number of aromatic nitrogens is 4. The number of nitrogen functional groups attached to an aromatic ring is 1. The fraction of sp³-hybridized carbons (Fsp3) is 0.314. The lowest BCUT2D eigenvalue weighted by atomic mass is 9.86. The van der Waals surface area contributed by atoms with E-state index in [0.717, 1.165) is 34.1 Å². The molecule has 12 heteroatoms. The molecular formula is C35H37N7O5. The number of fused-ring (bicyclic) bond motifs is 1. The van der Waals surface area contributed by atoms with Crippen molar-refractivity contribution in [1.29, 1.82) is 0 Å². The van der Waals surface area contributed by atoms with Crippen molar-refractivity contribution < 1.29 is 14.1 Å². The summed E-state index contributed by atoms with van der Waals surface area (Å²) in [7, 11) is 0. The molecule has 47 heavy (non-hydrogen) atoms. The number of nitrogens with two attached hydrogens (primary N) is 2. The first kappa shape index (κ1) is 31.5. The van der Waals surface area contributed by atoms with Crippen molar-refractivity contribution in [3.63, 3.8) is 0 Å². The minimum Gasteiger partial charge on any atom is -0.380 e. The highest BCUT2D eigenvalue weighted by molar-refractivity contribution is 6.02. The Bertz CT molecular complexity index is 2100. The number of primary amides is 1. The Balaban J connectivity index is 1.44. The van der Waals surface area contributed by atoms with Crippen LogP contribution in [-0.2, 0) is 4.79 Å². The molecule has 5 aromatic rings. The lowest BCUT2D eigenvalue weighted by Gasteiger charge is -2.33. The van der Waals surface area contributed by atoms with Crippen LogP contribution < -0.4 is 22.7 Å². The third-order valence-corrected chi connectivity index (χ3v) is 8.80. The number of carbonyl (C=O) groups is 2. The van der Waals surface area contributed by atoms with Gasteiger partial charge in [-0.3, -0.25) is 19.0 Å². The maximum absolute atomic E-state index is 13.8. The van der Waals surface area contributed by atoms with E-state index < -0.39 is 23.2 Å². The van der Waals surface area contributed by atoms with E-state index in [9.17, 15) is 19.2 Å².